The van der Waals surface area contributed by atoms with E-state index in [2.05, 4.69) is 29.4 Å². The summed E-state index contributed by atoms with van der Waals surface area (Å²) in [6.07, 6.45) is 0. The van der Waals surface area contributed by atoms with Gasteiger partial charge in [0.1, 0.15) is 5.82 Å². The number of nitrogens with zero attached hydrogens (tertiary/aromatic N) is 3. The molecule has 0 atom stereocenters. The first-order valence-electron chi connectivity index (χ1n) is 10.7. The van der Waals surface area contributed by atoms with E-state index in [0.717, 1.165) is 22.5 Å². The molecule has 0 spiro atoms. The summed E-state index contributed by atoms with van der Waals surface area (Å²) in [4.78, 5) is 12.7. The van der Waals surface area contributed by atoms with Gasteiger partial charge in [0.25, 0.3) is 0 Å². The number of benzene rings is 3. The highest BCUT2D eigenvalue weighted by Gasteiger charge is 2.20. The fraction of sp³-hybridized carbons (Fsp3) is 0.192. The predicted molar refractivity (Wildman–Crippen MR) is 131 cm³/mol. The van der Waals surface area contributed by atoms with Crippen LogP contribution in [0.3, 0.4) is 0 Å². The van der Waals surface area contributed by atoms with Gasteiger partial charge in [0.05, 0.1) is 11.3 Å². The van der Waals surface area contributed by atoms with Crippen LogP contribution in [-0.2, 0) is 4.79 Å². The lowest BCUT2D eigenvalue weighted by molar-refractivity contribution is -0.113. The standard InChI is InChI=1S/C26H25FN4OS/c1-17(2)20-8-5-7-11-23(20)28-24(32)16-33-26-30-29-25(21-9-4-6-10-22(21)27)31(26)19-14-12-18(3)13-15-19/h4-15,17H,16H2,1-3H3,(H,28,32). The van der Waals surface area contributed by atoms with Gasteiger partial charge in [-0.25, -0.2) is 4.39 Å². The molecular weight excluding hydrogens is 435 g/mol. The first-order valence-corrected chi connectivity index (χ1v) is 11.7. The average molecular weight is 461 g/mol. The molecule has 1 amide bonds. The molecule has 4 rings (SSSR count). The zero-order chi connectivity index (χ0) is 23.4. The van der Waals surface area contributed by atoms with Crippen molar-refractivity contribution in [3.05, 3.63) is 89.7 Å². The van der Waals surface area contributed by atoms with Crippen molar-refractivity contribution in [1.29, 1.82) is 0 Å². The van der Waals surface area contributed by atoms with E-state index in [4.69, 9.17) is 0 Å². The lowest BCUT2D eigenvalue weighted by Gasteiger charge is -2.14. The van der Waals surface area contributed by atoms with Crippen LogP contribution in [0.1, 0.15) is 30.9 Å². The molecule has 0 aliphatic rings. The molecule has 0 radical (unpaired) electrons. The van der Waals surface area contributed by atoms with Crippen molar-refractivity contribution < 1.29 is 9.18 Å². The van der Waals surface area contributed by atoms with Crippen molar-refractivity contribution in [2.45, 2.75) is 31.8 Å². The Hall–Kier alpha value is -3.45. The number of amides is 1. The number of aromatic nitrogens is 3. The maximum Gasteiger partial charge on any atom is 0.234 e. The molecular formula is C26H25FN4OS. The maximum atomic E-state index is 14.6. The van der Waals surface area contributed by atoms with Gasteiger partial charge >= 0.3 is 0 Å². The number of halogens is 1. The molecule has 5 nitrogen and oxygen atoms in total. The second kappa shape index (κ2) is 10.0. The lowest BCUT2D eigenvalue weighted by atomic mass is 10.0. The predicted octanol–water partition coefficient (Wildman–Crippen LogP) is 6.24. The van der Waals surface area contributed by atoms with Gasteiger partial charge in [0, 0.05) is 11.4 Å². The van der Waals surface area contributed by atoms with Gasteiger partial charge in [-0.05, 0) is 48.7 Å². The molecule has 7 heteroatoms. The zero-order valence-corrected chi connectivity index (χ0v) is 19.6. The van der Waals surface area contributed by atoms with E-state index in [1.165, 1.54) is 17.8 Å². The Bertz CT molecular complexity index is 1270. The van der Waals surface area contributed by atoms with Crippen LogP contribution in [0.25, 0.3) is 17.1 Å². The number of carbonyl (C=O) groups excluding carboxylic acids is 1. The first-order chi connectivity index (χ1) is 15.9. The molecule has 168 valence electrons. The van der Waals surface area contributed by atoms with E-state index in [0.29, 0.717) is 22.5 Å². The van der Waals surface area contributed by atoms with Gasteiger partial charge in [0.2, 0.25) is 5.91 Å². The summed E-state index contributed by atoms with van der Waals surface area (Å²) in [5, 5.41) is 12.1. The van der Waals surface area contributed by atoms with E-state index in [1.54, 1.807) is 22.8 Å². The summed E-state index contributed by atoms with van der Waals surface area (Å²) in [7, 11) is 0. The highest BCUT2D eigenvalue weighted by molar-refractivity contribution is 7.99. The van der Waals surface area contributed by atoms with Crippen LogP contribution in [-0.4, -0.2) is 26.4 Å². The Morgan fingerprint density at radius 3 is 2.42 bits per heavy atom. The third kappa shape index (κ3) is 5.14. The molecule has 0 aliphatic heterocycles. The second-order valence-electron chi connectivity index (χ2n) is 8.04. The first kappa shape index (κ1) is 22.7. The van der Waals surface area contributed by atoms with Gasteiger partial charge in [-0.2, -0.15) is 0 Å². The van der Waals surface area contributed by atoms with Crippen molar-refractivity contribution >= 4 is 23.4 Å². The summed E-state index contributed by atoms with van der Waals surface area (Å²) in [6.45, 7) is 6.19. The molecule has 4 aromatic rings. The van der Waals surface area contributed by atoms with Crippen LogP contribution < -0.4 is 5.32 Å². The number of para-hydroxylation sites is 1. The molecule has 0 unspecified atom stereocenters. The minimum Gasteiger partial charge on any atom is -0.325 e. The van der Waals surface area contributed by atoms with E-state index in [9.17, 15) is 9.18 Å². The molecule has 33 heavy (non-hydrogen) atoms. The van der Waals surface area contributed by atoms with E-state index in [-0.39, 0.29) is 17.5 Å². The Morgan fingerprint density at radius 1 is 1.00 bits per heavy atom. The minimum absolute atomic E-state index is 0.140. The SMILES string of the molecule is Cc1ccc(-n2c(SCC(=O)Nc3ccccc3C(C)C)nnc2-c2ccccc2F)cc1. The number of hydrogen-bond acceptors (Lipinski definition) is 4. The summed E-state index contributed by atoms with van der Waals surface area (Å²) >= 11 is 1.26. The van der Waals surface area contributed by atoms with Gasteiger partial charge < -0.3 is 5.32 Å². The van der Waals surface area contributed by atoms with Gasteiger partial charge in [0.15, 0.2) is 11.0 Å². The third-order valence-electron chi connectivity index (χ3n) is 5.23. The van der Waals surface area contributed by atoms with Crippen LogP contribution in [0.5, 0.6) is 0 Å². The molecule has 0 saturated heterocycles. The Balaban J connectivity index is 1.61. The number of thioether (sulfide) groups is 1. The van der Waals surface area contributed by atoms with Crippen LogP contribution in [0.2, 0.25) is 0 Å². The van der Waals surface area contributed by atoms with Gasteiger partial charge in [-0.1, -0.05) is 73.6 Å². The number of rotatable bonds is 7. The topological polar surface area (TPSA) is 59.8 Å². The quantitative estimate of drug-likeness (QED) is 0.332. The van der Waals surface area contributed by atoms with Crippen LogP contribution >= 0.6 is 11.8 Å². The molecule has 0 fully saturated rings. The van der Waals surface area contributed by atoms with Crippen molar-refractivity contribution in [2.75, 3.05) is 11.1 Å². The van der Waals surface area contributed by atoms with Gasteiger partial charge in [-0.15, -0.1) is 10.2 Å². The molecule has 1 heterocycles. The number of nitrogens with one attached hydrogen (secondary N) is 1. The Morgan fingerprint density at radius 2 is 1.70 bits per heavy atom. The largest absolute Gasteiger partial charge is 0.325 e. The highest BCUT2D eigenvalue weighted by Crippen LogP contribution is 2.30. The average Bonchev–Trinajstić information content (AvgIpc) is 3.22. The highest BCUT2D eigenvalue weighted by atomic mass is 32.2. The van der Waals surface area contributed by atoms with E-state index in [1.807, 2.05) is 55.5 Å². The monoisotopic (exact) mass is 460 g/mol. The fourth-order valence-electron chi connectivity index (χ4n) is 3.54. The molecule has 0 aliphatic carbocycles. The fourth-order valence-corrected chi connectivity index (χ4v) is 4.29. The number of carbonyl (C=O) groups is 1. The summed E-state index contributed by atoms with van der Waals surface area (Å²) < 4.78 is 16.3. The van der Waals surface area contributed by atoms with Gasteiger partial charge in [-0.3, -0.25) is 9.36 Å². The number of aryl methyl sites for hydroxylation is 1. The van der Waals surface area contributed by atoms with Crippen molar-refractivity contribution in [1.82, 2.24) is 14.8 Å². The Kier molecular flexibility index (Phi) is 6.89. The molecule has 1 N–H and O–H groups in total. The van der Waals surface area contributed by atoms with Crippen molar-refractivity contribution in [2.24, 2.45) is 0 Å². The lowest BCUT2D eigenvalue weighted by Crippen LogP contribution is -2.16. The van der Waals surface area contributed by atoms with Crippen molar-refractivity contribution in [3.8, 4) is 17.1 Å². The molecule has 3 aromatic carbocycles. The molecule has 0 bridgehead atoms. The third-order valence-corrected chi connectivity index (χ3v) is 6.16. The van der Waals surface area contributed by atoms with Crippen LogP contribution in [0.15, 0.2) is 78.0 Å². The normalized spacial score (nSPS) is 11.1. The second-order valence-corrected chi connectivity index (χ2v) is 8.98. The van der Waals surface area contributed by atoms with E-state index >= 15 is 0 Å². The number of anilines is 1. The molecule has 1 aromatic heterocycles. The zero-order valence-electron chi connectivity index (χ0n) is 18.7. The smallest absolute Gasteiger partial charge is 0.234 e. The van der Waals surface area contributed by atoms with E-state index < -0.39 is 0 Å². The van der Waals surface area contributed by atoms with Crippen molar-refractivity contribution in [3.63, 3.8) is 0 Å². The summed E-state index contributed by atoms with van der Waals surface area (Å²) in [6, 6.07) is 22.1. The number of hydrogen-bond donors (Lipinski definition) is 1. The minimum atomic E-state index is -0.377. The van der Waals surface area contributed by atoms with Crippen LogP contribution in [0.4, 0.5) is 10.1 Å². The summed E-state index contributed by atoms with van der Waals surface area (Å²) in [5.41, 5.74) is 4.16. The maximum absolute atomic E-state index is 14.6. The molecule has 0 saturated carbocycles. The summed E-state index contributed by atoms with van der Waals surface area (Å²) in [5.74, 6) is 0.317. The Labute approximate surface area is 197 Å². The van der Waals surface area contributed by atoms with Crippen LogP contribution in [0, 0.1) is 12.7 Å².